The van der Waals surface area contributed by atoms with E-state index in [0.29, 0.717) is 18.1 Å². The molecule has 250 valence electrons. The van der Waals surface area contributed by atoms with Crippen LogP contribution in [-0.2, 0) is 16.0 Å². The predicted molar refractivity (Wildman–Crippen MR) is 189 cm³/mol. The number of primary amides is 1. The summed E-state index contributed by atoms with van der Waals surface area (Å²) in [4.78, 5) is 31.4. The highest BCUT2D eigenvalue weighted by Gasteiger charge is 2.43. The average molecular weight is 629 g/mol. The number of benzene rings is 1. The van der Waals surface area contributed by atoms with Crippen LogP contribution in [0.2, 0.25) is 0 Å². The molecular weight excluding hydrogens is 572 g/mol. The number of aryl methyl sites for hydroxylation is 1. The zero-order valence-corrected chi connectivity index (χ0v) is 28.7. The van der Waals surface area contributed by atoms with Crippen LogP contribution in [0.5, 0.6) is 0 Å². The average Bonchev–Trinajstić information content (AvgIpc) is 4.05. The number of Topliss-reactive ketones (excluding diaryl/α,β-unsaturated/α-hetero) is 1. The Morgan fingerprint density at radius 3 is 2.04 bits per heavy atom. The molecule has 3 heterocycles. The van der Waals surface area contributed by atoms with Crippen LogP contribution in [-0.4, -0.2) is 47.2 Å². The molecule has 2 saturated carbocycles. The zero-order valence-electron chi connectivity index (χ0n) is 28.7. The van der Waals surface area contributed by atoms with Crippen molar-refractivity contribution in [3.63, 3.8) is 0 Å². The maximum atomic E-state index is 11.3. The molecule has 7 nitrogen and oxygen atoms in total. The molecule has 3 fully saturated rings. The number of carbonyl (C=O) groups is 2. The van der Waals surface area contributed by atoms with Crippen LogP contribution < -0.4 is 5.73 Å². The lowest BCUT2D eigenvalue weighted by molar-refractivity contribution is -0.118. The molecule has 1 saturated heterocycles. The van der Waals surface area contributed by atoms with E-state index in [1.165, 1.54) is 57.3 Å². The lowest BCUT2D eigenvalue weighted by atomic mass is 9.94. The zero-order chi connectivity index (χ0) is 33.8. The van der Waals surface area contributed by atoms with Crippen molar-refractivity contribution < 1.29 is 14.0 Å². The third kappa shape index (κ3) is 13.3. The number of carbonyl (C=O) groups excluding carboxylic acids is 2. The Balaban J connectivity index is 0.000000380. The number of rotatable bonds is 11. The highest BCUT2D eigenvalue weighted by atomic mass is 16.4. The van der Waals surface area contributed by atoms with Crippen molar-refractivity contribution in [3.8, 4) is 35.3 Å². The summed E-state index contributed by atoms with van der Waals surface area (Å²) < 4.78 is 5.95. The van der Waals surface area contributed by atoms with Gasteiger partial charge in [-0.3, -0.25) is 14.6 Å². The molecule has 6 rings (SSSR count). The molecule has 0 bridgehead atoms. The minimum atomic E-state index is 0.250. The Kier molecular flexibility index (Phi) is 17.6. The van der Waals surface area contributed by atoms with E-state index in [2.05, 4.69) is 76.9 Å². The first-order valence-corrected chi connectivity index (χ1v) is 17.2. The highest BCUT2D eigenvalue weighted by molar-refractivity contribution is 5.77. The number of nitrogens with two attached hydrogens (primary N) is 1. The summed E-state index contributed by atoms with van der Waals surface area (Å²) in [5, 5.41) is 0. The fourth-order valence-corrected chi connectivity index (χ4v) is 5.48. The molecule has 0 atom stereocenters. The van der Waals surface area contributed by atoms with Crippen molar-refractivity contribution in [2.45, 2.75) is 110 Å². The summed E-state index contributed by atoms with van der Waals surface area (Å²) in [6, 6.07) is 12.7. The Morgan fingerprint density at radius 2 is 1.50 bits per heavy atom. The monoisotopic (exact) mass is 628 g/mol. The molecular formula is C39H56N4O3. The number of nitrogens with zero attached hydrogens (tertiary/aromatic N) is 3. The van der Waals surface area contributed by atoms with Crippen molar-refractivity contribution in [3.05, 3.63) is 60.4 Å². The van der Waals surface area contributed by atoms with Gasteiger partial charge in [0.1, 0.15) is 5.78 Å². The number of aromatic nitrogens is 2. The Labute approximate surface area is 277 Å². The Bertz CT molecular complexity index is 1280. The van der Waals surface area contributed by atoms with Gasteiger partial charge in [0, 0.05) is 48.2 Å². The normalized spacial score (nSPS) is 15.7. The van der Waals surface area contributed by atoms with Gasteiger partial charge in [0.2, 0.25) is 6.41 Å². The predicted octanol–water partition coefficient (Wildman–Crippen LogP) is 8.62. The van der Waals surface area contributed by atoms with Crippen LogP contribution in [0, 0.1) is 18.3 Å². The van der Waals surface area contributed by atoms with Crippen LogP contribution in [0.25, 0.3) is 22.5 Å². The van der Waals surface area contributed by atoms with Crippen molar-refractivity contribution in [1.82, 2.24) is 14.9 Å². The van der Waals surface area contributed by atoms with Gasteiger partial charge in [0.15, 0.2) is 11.7 Å². The van der Waals surface area contributed by atoms with E-state index in [0.717, 1.165) is 72.3 Å². The molecule has 2 aliphatic carbocycles. The molecule has 3 aliphatic rings. The van der Waals surface area contributed by atoms with Gasteiger partial charge in [-0.1, -0.05) is 63.9 Å². The number of terminal acetylenes is 1. The van der Waals surface area contributed by atoms with Gasteiger partial charge in [-0.25, -0.2) is 4.98 Å². The number of hydrogen-bond donors (Lipinski definition) is 1. The van der Waals surface area contributed by atoms with Gasteiger partial charge >= 0.3 is 0 Å². The molecule has 7 heteroatoms. The number of hydrogen-bond acceptors (Lipinski definition) is 6. The molecule has 0 radical (unpaired) electrons. The van der Waals surface area contributed by atoms with Crippen LogP contribution in [0.4, 0.5) is 0 Å². The van der Waals surface area contributed by atoms with Crippen LogP contribution in [0.3, 0.4) is 0 Å². The van der Waals surface area contributed by atoms with E-state index in [1.54, 1.807) is 0 Å². The van der Waals surface area contributed by atoms with Crippen molar-refractivity contribution in [1.29, 1.82) is 0 Å². The number of piperidine rings is 1. The first-order valence-electron chi connectivity index (χ1n) is 17.2. The topological polar surface area (TPSA) is 102 Å². The molecule has 2 N–H and O–H groups in total. The minimum absolute atomic E-state index is 0.250. The number of pyridine rings is 1. The molecule has 2 aromatic heterocycles. The fraction of sp³-hybridized carbons (Fsp3) is 0.538. The number of unbranched alkanes of at least 4 members (excludes halogenated alkanes) is 3. The van der Waals surface area contributed by atoms with Gasteiger partial charge in [-0.05, 0) is 88.5 Å². The van der Waals surface area contributed by atoms with Gasteiger partial charge in [0.25, 0.3) is 0 Å². The molecule has 0 unspecified atom stereocenters. The third-order valence-corrected chi connectivity index (χ3v) is 8.83. The number of likely N-dealkylation sites (tertiary alicyclic amines) is 1. The third-order valence-electron chi connectivity index (χ3n) is 8.83. The Morgan fingerprint density at radius 1 is 0.913 bits per heavy atom. The highest BCUT2D eigenvalue weighted by Crippen LogP contribution is 2.53. The lowest BCUT2D eigenvalue weighted by Crippen LogP contribution is -2.30. The van der Waals surface area contributed by atoms with Gasteiger partial charge in [-0.15, -0.1) is 12.8 Å². The SMILES string of the molecule is C#C.CC.CCC(=O)CCCCCCc1ncc(-c2ccc(-c3ccc(C4CC4)nc3)cc2)o1.CN1CCC2(CC1)CC2.NC=O. The minimum Gasteiger partial charge on any atom is -0.441 e. The van der Waals surface area contributed by atoms with Crippen LogP contribution in [0.1, 0.15) is 115 Å². The smallest absolute Gasteiger partial charge is 0.204 e. The maximum absolute atomic E-state index is 11.3. The van der Waals surface area contributed by atoms with Gasteiger partial charge in [-0.2, -0.15) is 0 Å². The van der Waals surface area contributed by atoms with E-state index in [9.17, 15) is 4.79 Å². The first-order chi connectivity index (χ1) is 22.4. The maximum Gasteiger partial charge on any atom is 0.204 e. The molecule has 3 aromatic rings. The number of oxazole rings is 1. The molecule has 1 aliphatic heterocycles. The summed E-state index contributed by atoms with van der Waals surface area (Å²) in [5.41, 5.74) is 9.60. The molecule has 1 spiro atoms. The van der Waals surface area contributed by atoms with E-state index in [1.807, 2.05) is 33.2 Å². The quantitative estimate of drug-likeness (QED) is 0.130. The van der Waals surface area contributed by atoms with E-state index < -0.39 is 0 Å². The van der Waals surface area contributed by atoms with Crippen molar-refractivity contribution in [2.24, 2.45) is 11.1 Å². The second kappa shape index (κ2) is 21.1. The largest absolute Gasteiger partial charge is 0.441 e. The summed E-state index contributed by atoms with van der Waals surface area (Å²) in [6.07, 6.45) is 27.1. The number of amides is 1. The van der Waals surface area contributed by atoms with Crippen molar-refractivity contribution >= 4 is 12.2 Å². The summed E-state index contributed by atoms with van der Waals surface area (Å²) in [5.74, 6) is 2.66. The standard InChI is InChI=1S/C26H30N2O2.C8H15N.C2H6.C2H2.CH3NO/c1-2-23(29)7-5-3-4-6-8-26-28-18-25(30-26)21-13-9-19(10-14-21)22-15-16-24(27-17-22)20-11-12-20;1-9-6-4-8(2-3-8)5-7-9;2*1-2;2-1-3/h9-10,13-18,20H,2-8,11-12H2,1H3;2-7H2,1H3;1-2H3;1-2H;1H,(H2,2,3). The van der Waals surface area contributed by atoms with E-state index in [4.69, 9.17) is 9.21 Å². The van der Waals surface area contributed by atoms with Gasteiger partial charge < -0.3 is 15.1 Å². The van der Waals surface area contributed by atoms with Crippen LogP contribution in [0.15, 0.2) is 53.2 Å². The molecule has 1 amide bonds. The second-order valence-corrected chi connectivity index (χ2v) is 12.2. The summed E-state index contributed by atoms with van der Waals surface area (Å²) >= 11 is 0. The number of ketones is 1. The van der Waals surface area contributed by atoms with Crippen LogP contribution >= 0.6 is 0 Å². The van der Waals surface area contributed by atoms with E-state index in [-0.39, 0.29) is 6.41 Å². The summed E-state index contributed by atoms with van der Waals surface area (Å²) in [7, 11) is 2.23. The molecule has 46 heavy (non-hydrogen) atoms. The fourth-order valence-electron chi connectivity index (χ4n) is 5.48. The lowest BCUT2D eigenvalue weighted by Gasteiger charge is -2.28. The Hall–Kier alpha value is -3.76. The van der Waals surface area contributed by atoms with Crippen molar-refractivity contribution in [2.75, 3.05) is 20.1 Å². The second-order valence-electron chi connectivity index (χ2n) is 12.2. The van der Waals surface area contributed by atoms with E-state index >= 15 is 0 Å². The first kappa shape index (κ1) is 38.4. The van der Waals surface area contributed by atoms with Gasteiger partial charge in [0.05, 0.1) is 6.20 Å². The summed E-state index contributed by atoms with van der Waals surface area (Å²) in [6.45, 7) is 8.62. The molecule has 1 aromatic carbocycles.